The number of nitrogens with zero attached hydrogens (tertiary/aromatic N) is 1. The Balaban J connectivity index is 2.15. The van der Waals surface area contributed by atoms with Gasteiger partial charge in [-0.3, -0.25) is 0 Å². The van der Waals surface area contributed by atoms with Crippen molar-refractivity contribution in [1.82, 2.24) is 4.98 Å². The molecule has 0 saturated heterocycles. The smallest absolute Gasteiger partial charge is 0.131 e. The quantitative estimate of drug-likeness (QED) is 0.929. The van der Waals surface area contributed by atoms with Crippen molar-refractivity contribution in [2.24, 2.45) is 5.73 Å². The lowest BCUT2D eigenvalue weighted by molar-refractivity contribution is 0.297. The van der Waals surface area contributed by atoms with Gasteiger partial charge in [-0.25, -0.2) is 4.98 Å². The van der Waals surface area contributed by atoms with Gasteiger partial charge in [0, 0.05) is 21.5 Å². The zero-order chi connectivity index (χ0) is 13.1. The van der Waals surface area contributed by atoms with Crippen molar-refractivity contribution in [1.29, 1.82) is 0 Å². The predicted octanol–water partition coefficient (Wildman–Crippen LogP) is 3.81. The van der Waals surface area contributed by atoms with E-state index in [1.807, 2.05) is 37.4 Å². The molecule has 0 aliphatic carbocycles. The summed E-state index contributed by atoms with van der Waals surface area (Å²) in [4.78, 5) is 4.37. The van der Waals surface area contributed by atoms with Crippen molar-refractivity contribution in [3.8, 4) is 5.75 Å². The molecule has 96 valence electrons. The average Bonchev–Trinajstić information content (AvgIpc) is 2.72. The number of aromatic nitrogens is 1. The third kappa shape index (κ3) is 3.31. The first-order chi connectivity index (χ1) is 8.56. The number of ether oxygens (including phenoxy) is 1. The van der Waals surface area contributed by atoms with E-state index in [4.69, 9.17) is 10.5 Å². The van der Waals surface area contributed by atoms with E-state index in [0.29, 0.717) is 6.61 Å². The van der Waals surface area contributed by atoms with Gasteiger partial charge in [-0.15, -0.1) is 11.3 Å². The van der Waals surface area contributed by atoms with Gasteiger partial charge in [0.15, 0.2) is 0 Å². The van der Waals surface area contributed by atoms with Crippen molar-refractivity contribution >= 4 is 27.3 Å². The molecule has 0 spiro atoms. The molecule has 1 atom stereocenters. The van der Waals surface area contributed by atoms with Crippen LogP contribution >= 0.6 is 27.3 Å². The van der Waals surface area contributed by atoms with Crippen LogP contribution in [0.2, 0.25) is 0 Å². The van der Waals surface area contributed by atoms with Crippen LogP contribution in [-0.2, 0) is 6.61 Å². The zero-order valence-corrected chi connectivity index (χ0v) is 12.7. The molecular formula is C13H15BrN2OS. The molecule has 3 nitrogen and oxygen atoms in total. The number of rotatable bonds is 4. The molecule has 0 amide bonds. The number of benzene rings is 1. The highest BCUT2D eigenvalue weighted by molar-refractivity contribution is 9.10. The van der Waals surface area contributed by atoms with E-state index in [1.165, 1.54) is 0 Å². The normalized spacial score (nSPS) is 12.4. The van der Waals surface area contributed by atoms with Gasteiger partial charge in [0.1, 0.15) is 12.4 Å². The molecule has 0 bridgehead atoms. The highest BCUT2D eigenvalue weighted by atomic mass is 79.9. The van der Waals surface area contributed by atoms with Crippen molar-refractivity contribution in [2.45, 2.75) is 26.5 Å². The topological polar surface area (TPSA) is 48.1 Å². The SMILES string of the molecule is Cc1nc(COc2cc(Br)ccc2C(C)N)cs1. The van der Waals surface area contributed by atoms with Gasteiger partial charge in [-0.2, -0.15) is 0 Å². The van der Waals surface area contributed by atoms with E-state index in [2.05, 4.69) is 20.9 Å². The van der Waals surface area contributed by atoms with Crippen molar-refractivity contribution in [2.75, 3.05) is 0 Å². The number of nitrogens with two attached hydrogens (primary N) is 1. The zero-order valence-electron chi connectivity index (χ0n) is 10.3. The maximum atomic E-state index is 5.93. The van der Waals surface area contributed by atoms with Gasteiger partial charge in [0.2, 0.25) is 0 Å². The average molecular weight is 327 g/mol. The summed E-state index contributed by atoms with van der Waals surface area (Å²) < 4.78 is 6.80. The molecule has 1 heterocycles. The largest absolute Gasteiger partial charge is 0.487 e. The molecule has 2 N–H and O–H groups in total. The number of aryl methyl sites for hydroxylation is 1. The van der Waals surface area contributed by atoms with Gasteiger partial charge in [-0.05, 0) is 26.0 Å². The van der Waals surface area contributed by atoms with Gasteiger partial charge in [0.25, 0.3) is 0 Å². The van der Waals surface area contributed by atoms with E-state index in [-0.39, 0.29) is 6.04 Å². The number of thiazole rings is 1. The maximum Gasteiger partial charge on any atom is 0.131 e. The Bertz CT molecular complexity index is 540. The molecule has 1 unspecified atom stereocenters. The first-order valence-electron chi connectivity index (χ1n) is 5.65. The summed E-state index contributed by atoms with van der Waals surface area (Å²) in [6.45, 7) is 4.41. The Hall–Kier alpha value is -0.910. The van der Waals surface area contributed by atoms with Crippen LogP contribution < -0.4 is 10.5 Å². The minimum atomic E-state index is -0.0507. The van der Waals surface area contributed by atoms with Crippen LogP contribution in [0, 0.1) is 6.92 Å². The summed E-state index contributed by atoms with van der Waals surface area (Å²) in [6.07, 6.45) is 0. The van der Waals surface area contributed by atoms with E-state index in [1.54, 1.807) is 11.3 Å². The molecule has 0 fully saturated rings. The van der Waals surface area contributed by atoms with Crippen LogP contribution in [0.1, 0.15) is 29.2 Å². The minimum Gasteiger partial charge on any atom is -0.487 e. The van der Waals surface area contributed by atoms with E-state index < -0.39 is 0 Å². The molecule has 5 heteroatoms. The molecule has 18 heavy (non-hydrogen) atoms. The second-order valence-electron chi connectivity index (χ2n) is 4.12. The molecular weight excluding hydrogens is 312 g/mol. The molecule has 0 aliphatic heterocycles. The van der Waals surface area contributed by atoms with Crippen LogP contribution in [0.15, 0.2) is 28.1 Å². The monoisotopic (exact) mass is 326 g/mol. The second-order valence-corrected chi connectivity index (χ2v) is 6.10. The van der Waals surface area contributed by atoms with Crippen molar-refractivity contribution in [3.63, 3.8) is 0 Å². The van der Waals surface area contributed by atoms with Gasteiger partial charge in [0.05, 0.1) is 10.7 Å². The molecule has 2 rings (SSSR count). The number of hydrogen-bond donors (Lipinski definition) is 1. The van der Waals surface area contributed by atoms with E-state index in [0.717, 1.165) is 26.5 Å². The molecule has 1 aromatic carbocycles. The summed E-state index contributed by atoms with van der Waals surface area (Å²) in [5, 5.41) is 3.06. The standard InChI is InChI=1S/C13H15BrN2OS/c1-8(15)12-4-3-10(14)5-13(12)17-6-11-7-18-9(2)16-11/h3-5,7-8H,6,15H2,1-2H3. The summed E-state index contributed by atoms with van der Waals surface area (Å²) in [5.74, 6) is 0.810. The van der Waals surface area contributed by atoms with Gasteiger partial charge >= 0.3 is 0 Å². The number of hydrogen-bond acceptors (Lipinski definition) is 4. The summed E-state index contributed by atoms with van der Waals surface area (Å²) in [6, 6.07) is 5.85. The molecule has 0 aliphatic rings. The fourth-order valence-corrected chi connectivity index (χ4v) is 2.57. The van der Waals surface area contributed by atoms with Crippen molar-refractivity contribution < 1.29 is 4.74 Å². The van der Waals surface area contributed by atoms with E-state index in [9.17, 15) is 0 Å². The van der Waals surface area contributed by atoms with Gasteiger partial charge in [-0.1, -0.05) is 22.0 Å². The fourth-order valence-electron chi connectivity index (χ4n) is 1.64. The number of halogens is 1. The Morgan fingerprint density at radius 1 is 1.50 bits per heavy atom. The summed E-state index contributed by atoms with van der Waals surface area (Å²) in [7, 11) is 0. The Morgan fingerprint density at radius 3 is 2.89 bits per heavy atom. The minimum absolute atomic E-state index is 0.0507. The van der Waals surface area contributed by atoms with Crippen LogP contribution in [0.5, 0.6) is 5.75 Å². The lowest BCUT2D eigenvalue weighted by Gasteiger charge is -2.13. The molecule has 0 radical (unpaired) electrons. The van der Waals surface area contributed by atoms with Crippen molar-refractivity contribution in [3.05, 3.63) is 44.3 Å². The third-order valence-electron chi connectivity index (χ3n) is 2.51. The summed E-state index contributed by atoms with van der Waals surface area (Å²) in [5.41, 5.74) is 7.89. The highest BCUT2D eigenvalue weighted by Gasteiger charge is 2.09. The lowest BCUT2D eigenvalue weighted by atomic mass is 10.1. The molecule has 1 aromatic heterocycles. The Kier molecular flexibility index (Phi) is 4.37. The third-order valence-corrected chi connectivity index (χ3v) is 3.82. The Labute approximate surface area is 119 Å². The van der Waals surface area contributed by atoms with Crippen LogP contribution in [0.4, 0.5) is 0 Å². The predicted molar refractivity (Wildman–Crippen MR) is 77.9 cm³/mol. The van der Waals surface area contributed by atoms with Crippen LogP contribution in [-0.4, -0.2) is 4.98 Å². The molecule has 0 saturated carbocycles. The maximum absolute atomic E-state index is 5.93. The first-order valence-corrected chi connectivity index (χ1v) is 7.32. The molecule has 2 aromatic rings. The Morgan fingerprint density at radius 2 is 2.28 bits per heavy atom. The van der Waals surface area contributed by atoms with Crippen LogP contribution in [0.3, 0.4) is 0 Å². The first kappa shape index (κ1) is 13.5. The highest BCUT2D eigenvalue weighted by Crippen LogP contribution is 2.28. The van der Waals surface area contributed by atoms with Crippen LogP contribution in [0.25, 0.3) is 0 Å². The summed E-state index contributed by atoms with van der Waals surface area (Å²) >= 11 is 5.07. The fraction of sp³-hybridized carbons (Fsp3) is 0.308. The van der Waals surface area contributed by atoms with Gasteiger partial charge < -0.3 is 10.5 Å². The second kappa shape index (κ2) is 5.82. The van der Waals surface area contributed by atoms with E-state index >= 15 is 0 Å². The lowest BCUT2D eigenvalue weighted by Crippen LogP contribution is -2.08.